The fourth-order valence-electron chi connectivity index (χ4n) is 1.75. The van der Waals surface area contributed by atoms with Gasteiger partial charge in [0.1, 0.15) is 0 Å². The predicted octanol–water partition coefficient (Wildman–Crippen LogP) is 3.58. The van der Waals surface area contributed by atoms with Crippen LogP contribution in [0.5, 0.6) is 0 Å². The highest BCUT2D eigenvalue weighted by atomic mass is 32.2. The second-order valence-electron chi connectivity index (χ2n) is 5.46. The van der Waals surface area contributed by atoms with Crippen LogP contribution in [0.3, 0.4) is 0 Å². The van der Waals surface area contributed by atoms with Gasteiger partial charge in [-0.25, -0.2) is 0 Å². The van der Waals surface area contributed by atoms with Crippen LogP contribution in [0.15, 0.2) is 29.2 Å². The van der Waals surface area contributed by atoms with Crippen molar-refractivity contribution in [1.82, 2.24) is 5.32 Å². The second kappa shape index (κ2) is 12.0. The average molecular weight is 311 g/mol. The molecule has 4 heteroatoms. The molecule has 0 saturated carbocycles. The third-order valence-electron chi connectivity index (χ3n) is 3.07. The molecule has 0 bridgehead atoms. The number of methoxy groups -OCH3 is 1. The normalized spacial score (nSPS) is 11.2. The lowest BCUT2D eigenvalue weighted by Crippen LogP contribution is -2.18. The zero-order chi connectivity index (χ0) is 15.3. The molecule has 0 amide bonds. The van der Waals surface area contributed by atoms with E-state index < -0.39 is 0 Å². The number of hydrogen-bond acceptors (Lipinski definition) is 4. The van der Waals surface area contributed by atoms with Crippen molar-refractivity contribution in [3.63, 3.8) is 0 Å². The second-order valence-corrected chi connectivity index (χ2v) is 6.63. The van der Waals surface area contributed by atoms with Gasteiger partial charge in [-0.05, 0) is 30.0 Å². The zero-order valence-corrected chi connectivity index (χ0v) is 14.4. The van der Waals surface area contributed by atoms with Gasteiger partial charge < -0.3 is 14.8 Å². The van der Waals surface area contributed by atoms with Gasteiger partial charge in [-0.1, -0.05) is 26.0 Å². The monoisotopic (exact) mass is 311 g/mol. The molecule has 0 aliphatic heterocycles. The molecule has 0 fully saturated rings. The molecule has 0 atom stereocenters. The number of benzene rings is 1. The van der Waals surface area contributed by atoms with Crippen LogP contribution in [-0.4, -0.2) is 39.2 Å². The topological polar surface area (TPSA) is 30.5 Å². The van der Waals surface area contributed by atoms with Crippen LogP contribution < -0.4 is 5.32 Å². The van der Waals surface area contributed by atoms with E-state index in [0.29, 0.717) is 0 Å². The fourth-order valence-corrected chi connectivity index (χ4v) is 2.52. The summed E-state index contributed by atoms with van der Waals surface area (Å²) >= 11 is 1.85. The summed E-state index contributed by atoms with van der Waals surface area (Å²) in [4.78, 5) is 1.31. The Balaban J connectivity index is 2.10. The number of thioether (sulfide) groups is 1. The van der Waals surface area contributed by atoms with E-state index in [1.807, 2.05) is 11.8 Å². The van der Waals surface area contributed by atoms with Gasteiger partial charge in [0.2, 0.25) is 0 Å². The van der Waals surface area contributed by atoms with E-state index in [4.69, 9.17) is 9.47 Å². The zero-order valence-electron chi connectivity index (χ0n) is 13.6. The Hall–Kier alpha value is -0.550. The van der Waals surface area contributed by atoms with Crippen LogP contribution in [0, 0.1) is 5.92 Å². The molecule has 0 aliphatic carbocycles. The van der Waals surface area contributed by atoms with Crippen LogP contribution >= 0.6 is 11.8 Å². The van der Waals surface area contributed by atoms with Crippen molar-refractivity contribution in [1.29, 1.82) is 0 Å². The van der Waals surface area contributed by atoms with E-state index in [9.17, 15) is 0 Å². The minimum absolute atomic E-state index is 0.725. The van der Waals surface area contributed by atoms with Crippen LogP contribution in [0.4, 0.5) is 0 Å². The predicted molar refractivity (Wildman–Crippen MR) is 91.0 cm³/mol. The first-order valence-corrected chi connectivity index (χ1v) is 8.70. The highest BCUT2D eigenvalue weighted by Gasteiger charge is 1.97. The Labute approximate surface area is 133 Å². The van der Waals surface area contributed by atoms with Crippen LogP contribution in [0.25, 0.3) is 0 Å². The molecule has 0 aromatic heterocycles. The van der Waals surface area contributed by atoms with Gasteiger partial charge in [-0.2, -0.15) is 0 Å². The molecule has 1 N–H and O–H groups in total. The highest BCUT2D eigenvalue weighted by molar-refractivity contribution is 7.99. The maximum Gasteiger partial charge on any atom is 0.0587 e. The minimum Gasteiger partial charge on any atom is -0.383 e. The van der Waals surface area contributed by atoms with Crippen LogP contribution in [0.1, 0.15) is 25.8 Å². The molecule has 21 heavy (non-hydrogen) atoms. The molecule has 120 valence electrons. The number of rotatable bonds is 12. The lowest BCUT2D eigenvalue weighted by atomic mass is 10.1. The lowest BCUT2D eigenvalue weighted by Gasteiger charge is -2.07. The standard InChI is InChI=1S/C17H29NO2S/c1-15(2)8-10-20-12-13-21-17-6-4-16(5-7-17)14-18-9-11-19-3/h4-7,15,18H,8-14H2,1-3H3. The van der Waals surface area contributed by atoms with Gasteiger partial charge in [0.05, 0.1) is 13.2 Å². The van der Waals surface area contributed by atoms with Crippen LogP contribution in [-0.2, 0) is 16.0 Å². The van der Waals surface area contributed by atoms with Crippen molar-refractivity contribution in [3.05, 3.63) is 29.8 Å². The molecular weight excluding hydrogens is 282 g/mol. The quantitative estimate of drug-likeness (QED) is 0.472. The van der Waals surface area contributed by atoms with E-state index in [0.717, 1.165) is 51.0 Å². The summed E-state index contributed by atoms with van der Waals surface area (Å²) in [6.07, 6.45) is 1.15. The smallest absolute Gasteiger partial charge is 0.0587 e. The lowest BCUT2D eigenvalue weighted by molar-refractivity contribution is 0.138. The average Bonchev–Trinajstić information content (AvgIpc) is 2.48. The number of nitrogens with one attached hydrogen (secondary N) is 1. The van der Waals surface area contributed by atoms with Gasteiger partial charge in [-0.15, -0.1) is 11.8 Å². The Bertz CT molecular complexity index is 354. The first-order valence-electron chi connectivity index (χ1n) is 7.71. The van der Waals surface area contributed by atoms with E-state index in [1.165, 1.54) is 10.5 Å². The Kier molecular flexibility index (Phi) is 10.6. The molecule has 1 aromatic rings. The molecule has 0 heterocycles. The molecule has 0 radical (unpaired) electrons. The van der Waals surface area contributed by atoms with Crippen molar-refractivity contribution in [3.8, 4) is 0 Å². The summed E-state index contributed by atoms with van der Waals surface area (Å²) < 4.78 is 10.6. The molecule has 1 rings (SSSR count). The van der Waals surface area contributed by atoms with Gasteiger partial charge in [-0.3, -0.25) is 0 Å². The molecule has 0 aliphatic rings. The fraction of sp³-hybridized carbons (Fsp3) is 0.647. The summed E-state index contributed by atoms with van der Waals surface area (Å²) in [5.74, 6) is 1.74. The van der Waals surface area contributed by atoms with E-state index in [1.54, 1.807) is 7.11 Å². The van der Waals surface area contributed by atoms with E-state index in [-0.39, 0.29) is 0 Å². The Morgan fingerprint density at radius 3 is 2.52 bits per heavy atom. The maximum atomic E-state index is 5.62. The van der Waals surface area contributed by atoms with Crippen molar-refractivity contribution in [2.45, 2.75) is 31.7 Å². The summed E-state index contributed by atoms with van der Waals surface area (Å²) in [7, 11) is 1.72. The first kappa shape index (κ1) is 18.5. The van der Waals surface area contributed by atoms with E-state index >= 15 is 0 Å². The van der Waals surface area contributed by atoms with Gasteiger partial charge in [0.15, 0.2) is 0 Å². The highest BCUT2D eigenvalue weighted by Crippen LogP contribution is 2.18. The number of ether oxygens (including phenoxy) is 2. The largest absolute Gasteiger partial charge is 0.383 e. The first-order chi connectivity index (χ1) is 10.2. The van der Waals surface area contributed by atoms with Gasteiger partial charge in [0, 0.05) is 37.5 Å². The van der Waals surface area contributed by atoms with Crippen LogP contribution in [0.2, 0.25) is 0 Å². The summed E-state index contributed by atoms with van der Waals surface area (Å²) in [5, 5.41) is 3.35. The molecule has 3 nitrogen and oxygen atoms in total. The van der Waals surface area contributed by atoms with Crippen molar-refractivity contribution in [2.75, 3.05) is 39.2 Å². The van der Waals surface area contributed by atoms with Crippen molar-refractivity contribution in [2.24, 2.45) is 5.92 Å². The molecule has 1 aromatic carbocycles. The maximum absolute atomic E-state index is 5.62. The van der Waals surface area contributed by atoms with Gasteiger partial charge in [0.25, 0.3) is 0 Å². The summed E-state index contributed by atoms with van der Waals surface area (Å²) in [5.41, 5.74) is 1.31. The summed E-state index contributed by atoms with van der Waals surface area (Å²) in [6.45, 7) is 8.70. The molecule has 0 saturated heterocycles. The summed E-state index contributed by atoms with van der Waals surface area (Å²) in [6, 6.07) is 8.74. The van der Waals surface area contributed by atoms with Crippen molar-refractivity contribution >= 4 is 11.8 Å². The Morgan fingerprint density at radius 1 is 1.10 bits per heavy atom. The molecular formula is C17H29NO2S. The SMILES string of the molecule is COCCNCc1ccc(SCCOCCC(C)C)cc1. The third-order valence-corrected chi connectivity index (χ3v) is 4.05. The molecule has 0 spiro atoms. The Morgan fingerprint density at radius 2 is 1.86 bits per heavy atom. The van der Waals surface area contributed by atoms with E-state index in [2.05, 4.69) is 43.4 Å². The minimum atomic E-state index is 0.725. The number of hydrogen-bond donors (Lipinski definition) is 1. The van der Waals surface area contributed by atoms with Gasteiger partial charge >= 0.3 is 0 Å². The third kappa shape index (κ3) is 9.91. The van der Waals surface area contributed by atoms with Crippen molar-refractivity contribution < 1.29 is 9.47 Å². The molecule has 0 unspecified atom stereocenters.